The number of anilines is 1. The standard InChI is InChI=1S/C21H20FN3O2/c1-14(15-7-8-17-12-18(27-2)10-9-16(17)11-15)24-25-21(26)13-23-20-6-4-3-5-19(20)22/h3-12,23H,13H2,1-2H3,(H,25,26)/b24-14+. The molecule has 0 bridgehead atoms. The molecule has 0 aliphatic rings. The highest BCUT2D eigenvalue weighted by Gasteiger charge is 2.05. The Hall–Kier alpha value is -3.41. The van der Waals surface area contributed by atoms with Crippen molar-refractivity contribution in [3.8, 4) is 5.75 Å². The zero-order valence-electron chi connectivity index (χ0n) is 15.1. The van der Waals surface area contributed by atoms with Crippen LogP contribution in [0.5, 0.6) is 5.75 Å². The number of nitrogens with zero attached hydrogens (tertiary/aromatic N) is 1. The molecule has 0 fully saturated rings. The van der Waals surface area contributed by atoms with E-state index in [9.17, 15) is 9.18 Å². The van der Waals surface area contributed by atoms with E-state index in [0.717, 1.165) is 22.1 Å². The topological polar surface area (TPSA) is 62.7 Å². The molecule has 0 spiro atoms. The second kappa shape index (κ2) is 8.31. The minimum Gasteiger partial charge on any atom is -0.497 e. The van der Waals surface area contributed by atoms with E-state index in [1.807, 2.05) is 43.3 Å². The number of rotatable bonds is 6. The Bertz CT molecular complexity index is 1000. The highest BCUT2D eigenvalue weighted by molar-refractivity contribution is 6.02. The Morgan fingerprint density at radius 2 is 1.81 bits per heavy atom. The van der Waals surface area contributed by atoms with Gasteiger partial charge in [0.15, 0.2) is 0 Å². The quantitative estimate of drug-likeness (QED) is 0.514. The van der Waals surface area contributed by atoms with Crippen LogP contribution < -0.4 is 15.5 Å². The van der Waals surface area contributed by atoms with Crippen molar-refractivity contribution >= 4 is 28.1 Å². The lowest BCUT2D eigenvalue weighted by Crippen LogP contribution is -2.27. The van der Waals surface area contributed by atoms with E-state index >= 15 is 0 Å². The Morgan fingerprint density at radius 1 is 1.07 bits per heavy atom. The van der Waals surface area contributed by atoms with Crippen molar-refractivity contribution in [1.82, 2.24) is 5.43 Å². The summed E-state index contributed by atoms with van der Waals surface area (Å²) in [5.41, 5.74) is 4.33. The smallest absolute Gasteiger partial charge is 0.259 e. The molecule has 0 aliphatic carbocycles. The van der Waals surface area contributed by atoms with Gasteiger partial charge in [0.25, 0.3) is 5.91 Å². The molecule has 0 unspecified atom stereocenters. The maximum Gasteiger partial charge on any atom is 0.259 e. The number of carbonyl (C=O) groups excluding carboxylic acids is 1. The largest absolute Gasteiger partial charge is 0.497 e. The van der Waals surface area contributed by atoms with Crippen molar-refractivity contribution in [3.63, 3.8) is 0 Å². The molecule has 5 nitrogen and oxygen atoms in total. The highest BCUT2D eigenvalue weighted by atomic mass is 19.1. The summed E-state index contributed by atoms with van der Waals surface area (Å²) in [4.78, 5) is 11.9. The number of methoxy groups -OCH3 is 1. The van der Waals surface area contributed by atoms with Gasteiger partial charge in [0, 0.05) is 0 Å². The zero-order valence-corrected chi connectivity index (χ0v) is 15.1. The summed E-state index contributed by atoms with van der Waals surface area (Å²) < 4.78 is 18.7. The molecule has 27 heavy (non-hydrogen) atoms. The molecule has 0 atom stereocenters. The number of hydrogen-bond donors (Lipinski definition) is 2. The molecule has 0 aromatic heterocycles. The first-order valence-electron chi connectivity index (χ1n) is 8.46. The summed E-state index contributed by atoms with van der Waals surface area (Å²) in [6, 6.07) is 17.9. The Kier molecular flexibility index (Phi) is 5.66. The van der Waals surface area contributed by atoms with Gasteiger partial charge in [-0.05, 0) is 53.6 Å². The number of amides is 1. The zero-order chi connectivity index (χ0) is 19.2. The van der Waals surface area contributed by atoms with Crippen molar-refractivity contribution in [2.24, 2.45) is 5.10 Å². The van der Waals surface area contributed by atoms with Crippen LogP contribution in [0, 0.1) is 5.82 Å². The molecule has 0 aliphatic heterocycles. The van der Waals surface area contributed by atoms with E-state index in [1.165, 1.54) is 6.07 Å². The van der Waals surface area contributed by atoms with Gasteiger partial charge in [0.2, 0.25) is 0 Å². The van der Waals surface area contributed by atoms with Crippen LogP contribution in [-0.4, -0.2) is 25.3 Å². The second-order valence-corrected chi connectivity index (χ2v) is 5.99. The first-order valence-corrected chi connectivity index (χ1v) is 8.46. The third-order valence-corrected chi connectivity index (χ3v) is 4.13. The first kappa shape index (κ1) is 18.4. The highest BCUT2D eigenvalue weighted by Crippen LogP contribution is 2.22. The van der Waals surface area contributed by atoms with Gasteiger partial charge in [0.1, 0.15) is 11.6 Å². The number of benzene rings is 3. The van der Waals surface area contributed by atoms with Gasteiger partial charge >= 0.3 is 0 Å². The average Bonchev–Trinajstić information content (AvgIpc) is 2.70. The van der Waals surface area contributed by atoms with Gasteiger partial charge in [0.05, 0.1) is 25.1 Å². The number of carbonyl (C=O) groups is 1. The third kappa shape index (κ3) is 4.61. The lowest BCUT2D eigenvalue weighted by molar-refractivity contribution is -0.119. The fourth-order valence-electron chi connectivity index (χ4n) is 2.61. The minimum absolute atomic E-state index is 0.0742. The molecular formula is C21H20FN3O2. The number of ether oxygens (including phenoxy) is 1. The van der Waals surface area contributed by atoms with E-state index in [1.54, 1.807) is 25.3 Å². The van der Waals surface area contributed by atoms with Gasteiger partial charge in [-0.15, -0.1) is 0 Å². The number of halogens is 1. The molecule has 6 heteroatoms. The van der Waals surface area contributed by atoms with Crippen LogP contribution in [0.25, 0.3) is 10.8 Å². The van der Waals surface area contributed by atoms with Crippen LogP contribution in [0.15, 0.2) is 65.8 Å². The predicted octanol–water partition coefficient (Wildman–Crippen LogP) is 3.94. The normalized spacial score (nSPS) is 11.3. The van der Waals surface area contributed by atoms with Crippen molar-refractivity contribution in [2.45, 2.75) is 6.92 Å². The van der Waals surface area contributed by atoms with Gasteiger partial charge in [-0.1, -0.05) is 30.3 Å². The van der Waals surface area contributed by atoms with E-state index in [4.69, 9.17) is 4.74 Å². The number of fused-ring (bicyclic) bond motifs is 1. The van der Waals surface area contributed by atoms with Gasteiger partial charge < -0.3 is 10.1 Å². The summed E-state index contributed by atoms with van der Waals surface area (Å²) in [6.45, 7) is 1.74. The monoisotopic (exact) mass is 365 g/mol. The van der Waals surface area contributed by atoms with Crippen molar-refractivity contribution in [3.05, 3.63) is 72.0 Å². The van der Waals surface area contributed by atoms with Gasteiger partial charge in [-0.3, -0.25) is 4.79 Å². The van der Waals surface area contributed by atoms with Crippen LogP contribution in [0.1, 0.15) is 12.5 Å². The summed E-state index contributed by atoms with van der Waals surface area (Å²) in [7, 11) is 1.63. The number of hydrogen-bond acceptors (Lipinski definition) is 4. The molecule has 0 radical (unpaired) electrons. The summed E-state index contributed by atoms with van der Waals surface area (Å²) in [5, 5.41) is 8.98. The average molecular weight is 365 g/mol. The molecule has 0 heterocycles. The Labute approximate surface area is 156 Å². The molecule has 3 aromatic carbocycles. The molecule has 1 amide bonds. The van der Waals surface area contributed by atoms with Crippen LogP contribution in [0.4, 0.5) is 10.1 Å². The van der Waals surface area contributed by atoms with Crippen molar-refractivity contribution in [2.75, 3.05) is 19.0 Å². The lowest BCUT2D eigenvalue weighted by Gasteiger charge is -2.08. The predicted molar refractivity (Wildman–Crippen MR) is 106 cm³/mol. The number of hydrazone groups is 1. The maximum absolute atomic E-state index is 13.5. The van der Waals surface area contributed by atoms with Crippen molar-refractivity contribution in [1.29, 1.82) is 0 Å². The molecule has 138 valence electrons. The van der Waals surface area contributed by atoms with E-state index in [2.05, 4.69) is 15.8 Å². The second-order valence-electron chi connectivity index (χ2n) is 5.99. The van der Waals surface area contributed by atoms with Crippen LogP contribution in [-0.2, 0) is 4.79 Å². The number of nitrogens with one attached hydrogen (secondary N) is 2. The maximum atomic E-state index is 13.5. The van der Waals surface area contributed by atoms with E-state index in [-0.39, 0.29) is 18.1 Å². The molecule has 3 aromatic rings. The van der Waals surface area contributed by atoms with Crippen LogP contribution in [0.2, 0.25) is 0 Å². The van der Waals surface area contributed by atoms with Crippen LogP contribution in [0.3, 0.4) is 0 Å². The summed E-state index contributed by atoms with van der Waals surface area (Å²) in [5.74, 6) is 0.0381. The Morgan fingerprint density at radius 3 is 2.59 bits per heavy atom. The fraction of sp³-hybridized carbons (Fsp3) is 0.143. The molecule has 0 saturated carbocycles. The molecular weight excluding hydrogens is 345 g/mol. The Balaban J connectivity index is 1.63. The molecule has 0 saturated heterocycles. The minimum atomic E-state index is -0.405. The molecule has 3 rings (SSSR count). The fourth-order valence-corrected chi connectivity index (χ4v) is 2.61. The van der Waals surface area contributed by atoms with Gasteiger partial charge in [-0.25, -0.2) is 9.82 Å². The summed E-state index contributed by atoms with van der Waals surface area (Å²) >= 11 is 0. The van der Waals surface area contributed by atoms with E-state index < -0.39 is 5.82 Å². The van der Waals surface area contributed by atoms with Crippen molar-refractivity contribution < 1.29 is 13.9 Å². The lowest BCUT2D eigenvalue weighted by atomic mass is 10.0. The summed E-state index contributed by atoms with van der Waals surface area (Å²) in [6.07, 6.45) is 0. The number of para-hydroxylation sites is 1. The van der Waals surface area contributed by atoms with Crippen LogP contribution >= 0.6 is 0 Å². The SMILES string of the molecule is COc1ccc2cc(/C(C)=N/NC(=O)CNc3ccccc3F)ccc2c1. The molecule has 2 N–H and O–H groups in total. The first-order chi connectivity index (χ1) is 13.1. The van der Waals surface area contributed by atoms with Gasteiger partial charge in [-0.2, -0.15) is 5.10 Å². The van der Waals surface area contributed by atoms with E-state index in [0.29, 0.717) is 5.71 Å². The third-order valence-electron chi connectivity index (χ3n) is 4.13.